The second-order valence-electron chi connectivity index (χ2n) is 3.75. The number of hydrogen-bond acceptors (Lipinski definition) is 4. The van der Waals surface area contributed by atoms with Gasteiger partial charge in [0.2, 0.25) is 0 Å². The number of rotatable bonds is 4. The first-order chi connectivity index (χ1) is 6.61. The highest BCUT2D eigenvalue weighted by Crippen LogP contribution is 2.20. The molecule has 3 N–H and O–H groups in total. The first-order valence-corrected chi connectivity index (χ1v) is 4.95. The third kappa shape index (κ3) is 2.59. The van der Waals surface area contributed by atoms with Gasteiger partial charge in [-0.2, -0.15) is 0 Å². The molecular weight excluding hydrogens is 184 g/mol. The molecule has 0 aromatic rings. The van der Waals surface area contributed by atoms with E-state index in [-0.39, 0.29) is 25.7 Å². The van der Waals surface area contributed by atoms with Crippen molar-refractivity contribution in [2.75, 3.05) is 26.2 Å². The van der Waals surface area contributed by atoms with E-state index in [1.165, 1.54) is 4.90 Å². The lowest BCUT2D eigenvalue weighted by atomic mass is 9.95. The summed E-state index contributed by atoms with van der Waals surface area (Å²) in [6, 6.07) is 0. The lowest BCUT2D eigenvalue weighted by Crippen LogP contribution is -2.66. The molecule has 82 valence electrons. The number of carbonyl (C=O) groups is 1. The van der Waals surface area contributed by atoms with Crippen LogP contribution in [0.2, 0.25) is 0 Å². The summed E-state index contributed by atoms with van der Waals surface area (Å²) in [5, 5.41) is 9.54. The van der Waals surface area contributed by atoms with E-state index in [1.54, 1.807) is 0 Å². The third-order valence-electron chi connectivity index (χ3n) is 2.33. The van der Waals surface area contributed by atoms with Crippen molar-refractivity contribution < 1.29 is 14.6 Å². The maximum atomic E-state index is 11.3. The summed E-state index contributed by atoms with van der Waals surface area (Å²) in [7, 11) is 0. The Kier molecular flexibility index (Phi) is 3.71. The molecule has 1 rings (SSSR count). The fraction of sp³-hybridized carbons (Fsp3) is 0.889. The Labute approximate surface area is 83.8 Å². The Bertz CT molecular complexity index is 202. The van der Waals surface area contributed by atoms with E-state index in [2.05, 4.69) is 0 Å². The minimum Gasteiger partial charge on any atom is -0.449 e. The molecule has 5 nitrogen and oxygen atoms in total. The number of nitrogens with zero attached hydrogens (tertiary/aromatic N) is 1. The summed E-state index contributed by atoms with van der Waals surface area (Å²) >= 11 is 0. The van der Waals surface area contributed by atoms with Crippen molar-refractivity contribution in [1.82, 2.24) is 4.90 Å². The van der Waals surface area contributed by atoms with Gasteiger partial charge in [0.05, 0.1) is 19.7 Å². The van der Waals surface area contributed by atoms with Gasteiger partial charge in [0, 0.05) is 6.54 Å². The van der Waals surface area contributed by atoms with Crippen LogP contribution < -0.4 is 5.73 Å². The van der Waals surface area contributed by atoms with Crippen LogP contribution in [0, 0.1) is 0 Å². The molecule has 0 aromatic carbocycles. The topological polar surface area (TPSA) is 75.8 Å². The molecule has 14 heavy (non-hydrogen) atoms. The van der Waals surface area contributed by atoms with Crippen molar-refractivity contribution in [3.63, 3.8) is 0 Å². The molecule has 1 aliphatic heterocycles. The summed E-state index contributed by atoms with van der Waals surface area (Å²) in [5.41, 5.74) is 4.44. The number of hydrogen-bond donors (Lipinski definition) is 2. The third-order valence-corrected chi connectivity index (χ3v) is 2.33. The molecule has 1 fully saturated rings. The van der Waals surface area contributed by atoms with Crippen LogP contribution in [0.15, 0.2) is 0 Å². The summed E-state index contributed by atoms with van der Waals surface area (Å²) in [6.07, 6.45) is 1.53. The monoisotopic (exact) mass is 202 g/mol. The Morgan fingerprint density at radius 1 is 1.64 bits per heavy atom. The molecule has 0 aliphatic carbocycles. The SMILES string of the molecule is CCCCOC(=O)N1CC(O)(CN)C1. The Morgan fingerprint density at radius 2 is 2.29 bits per heavy atom. The van der Waals surface area contributed by atoms with Crippen LogP contribution in [0.4, 0.5) is 4.79 Å². The van der Waals surface area contributed by atoms with Gasteiger partial charge >= 0.3 is 6.09 Å². The molecule has 0 bridgehead atoms. The van der Waals surface area contributed by atoms with Crippen LogP contribution in [0.1, 0.15) is 19.8 Å². The van der Waals surface area contributed by atoms with Gasteiger partial charge in [-0.1, -0.05) is 13.3 Å². The average molecular weight is 202 g/mol. The van der Waals surface area contributed by atoms with Crippen LogP contribution >= 0.6 is 0 Å². The highest BCUT2D eigenvalue weighted by atomic mass is 16.6. The summed E-state index contributed by atoms with van der Waals surface area (Å²) in [5.74, 6) is 0. The predicted octanol–water partition coefficient (Wildman–Crippen LogP) is -0.0715. The number of carbonyl (C=O) groups excluding carboxylic acids is 1. The van der Waals surface area contributed by atoms with Gasteiger partial charge in [-0.3, -0.25) is 0 Å². The Hall–Kier alpha value is -0.810. The molecule has 5 heteroatoms. The minimum atomic E-state index is -0.885. The molecule has 0 spiro atoms. The van der Waals surface area contributed by atoms with Crippen molar-refractivity contribution in [2.45, 2.75) is 25.4 Å². The van der Waals surface area contributed by atoms with E-state index in [9.17, 15) is 9.90 Å². The summed E-state index contributed by atoms with van der Waals surface area (Å²) < 4.78 is 4.96. The van der Waals surface area contributed by atoms with Crippen LogP contribution in [0.3, 0.4) is 0 Å². The molecule has 0 atom stereocenters. The van der Waals surface area contributed by atoms with Crippen molar-refractivity contribution in [3.8, 4) is 0 Å². The fourth-order valence-corrected chi connectivity index (χ4v) is 1.32. The first-order valence-electron chi connectivity index (χ1n) is 4.95. The second kappa shape index (κ2) is 4.61. The Balaban J connectivity index is 2.16. The molecule has 0 saturated carbocycles. The van der Waals surface area contributed by atoms with E-state index in [0.29, 0.717) is 6.61 Å². The van der Waals surface area contributed by atoms with Gasteiger partial charge in [-0.25, -0.2) is 4.79 Å². The van der Waals surface area contributed by atoms with Gasteiger partial charge < -0.3 is 20.5 Å². The summed E-state index contributed by atoms with van der Waals surface area (Å²) in [6.45, 7) is 3.24. The van der Waals surface area contributed by atoms with Crippen molar-refractivity contribution in [3.05, 3.63) is 0 Å². The molecule has 0 aromatic heterocycles. The van der Waals surface area contributed by atoms with Crippen molar-refractivity contribution in [2.24, 2.45) is 5.73 Å². The zero-order valence-corrected chi connectivity index (χ0v) is 8.53. The standard InChI is InChI=1S/C9H18N2O3/c1-2-3-4-14-8(12)11-6-9(13,5-10)7-11/h13H,2-7,10H2,1H3. The second-order valence-corrected chi connectivity index (χ2v) is 3.75. The lowest BCUT2D eigenvalue weighted by Gasteiger charge is -2.44. The minimum absolute atomic E-state index is 0.186. The lowest BCUT2D eigenvalue weighted by molar-refractivity contribution is -0.0814. The zero-order chi connectivity index (χ0) is 10.6. The largest absolute Gasteiger partial charge is 0.449 e. The molecule has 0 radical (unpaired) electrons. The predicted molar refractivity (Wildman–Crippen MR) is 51.8 cm³/mol. The molecule has 1 saturated heterocycles. The average Bonchev–Trinajstić information content (AvgIpc) is 2.13. The van der Waals surface area contributed by atoms with Crippen LogP contribution in [0.25, 0.3) is 0 Å². The fourth-order valence-electron chi connectivity index (χ4n) is 1.32. The zero-order valence-electron chi connectivity index (χ0n) is 8.53. The van der Waals surface area contributed by atoms with Gasteiger partial charge in [0.15, 0.2) is 0 Å². The number of ether oxygens (including phenoxy) is 1. The molecule has 0 unspecified atom stereocenters. The molecule has 1 aliphatic rings. The van der Waals surface area contributed by atoms with E-state index >= 15 is 0 Å². The number of likely N-dealkylation sites (tertiary alicyclic amines) is 1. The number of unbranched alkanes of at least 4 members (excludes halogenated alkanes) is 1. The van der Waals surface area contributed by atoms with Crippen molar-refractivity contribution >= 4 is 6.09 Å². The van der Waals surface area contributed by atoms with Crippen LogP contribution in [-0.2, 0) is 4.74 Å². The van der Waals surface area contributed by atoms with E-state index in [4.69, 9.17) is 10.5 Å². The smallest absolute Gasteiger partial charge is 0.409 e. The normalized spacial score (nSPS) is 18.9. The first kappa shape index (κ1) is 11.3. The van der Waals surface area contributed by atoms with E-state index in [1.807, 2.05) is 6.92 Å². The highest BCUT2D eigenvalue weighted by Gasteiger charge is 2.43. The maximum Gasteiger partial charge on any atom is 0.409 e. The van der Waals surface area contributed by atoms with Crippen LogP contribution in [-0.4, -0.2) is 47.9 Å². The molecule has 1 heterocycles. The van der Waals surface area contributed by atoms with Gasteiger partial charge in [-0.15, -0.1) is 0 Å². The number of aliphatic hydroxyl groups is 1. The van der Waals surface area contributed by atoms with Gasteiger partial charge in [-0.05, 0) is 6.42 Å². The Morgan fingerprint density at radius 3 is 2.79 bits per heavy atom. The van der Waals surface area contributed by atoms with Crippen LogP contribution in [0.5, 0.6) is 0 Å². The quantitative estimate of drug-likeness (QED) is 0.626. The summed E-state index contributed by atoms with van der Waals surface area (Å²) in [4.78, 5) is 12.7. The molecular formula is C9H18N2O3. The van der Waals surface area contributed by atoms with E-state index in [0.717, 1.165) is 12.8 Å². The highest BCUT2D eigenvalue weighted by molar-refractivity contribution is 5.69. The number of amides is 1. The number of nitrogens with two attached hydrogens (primary N) is 1. The van der Waals surface area contributed by atoms with E-state index < -0.39 is 5.60 Å². The number of β-amino-alcohol motifs (C(OH)–C–C–N with tert-alkyl or cyclic N) is 1. The maximum absolute atomic E-state index is 11.3. The van der Waals surface area contributed by atoms with Gasteiger partial charge in [0.25, 0.3) is 0 Å². The molecule has 1 amide bonds. The van der Waals surface area contributed by atoms with Crippen molar-refractivity contribution in [1.29, 1.82) is 0 Å². The van der Waals surface area contributed by atoms with Gasteiger partial charge in [0.1, 0.15) is 5.60 Å².